The highest BCUT2D eigenvalue weighted by Gasteiger charge is 2.46. The number of hydrogen-bond donors (Lipinski definition) is 2. The monoisotopic (exact) mass is 526 g/mol. The van der Waals surface area contributed by atoms with E-state index in [-0.39, 0.29) is 11.9 Å². The van der Waals surface area contributed by atoms with Crippen LogP contribution in [0.2, 0.25) is 0 Å². The molecule has 3 aliphatic rings. The summed E-state index contributed by atoms with van der Waals surface area (Å²) in [7, 11) is 1.96. The van der Waals surface area contributed by atoms with Gasteiger partial charge in [-0.05, 0) is 68.3 Å². The van der Waals surface area contributed by atoms with Crippen LogP contribution in [0.4, 0.5) is 0 Å². The number of nitrogens with zero attached hydrogens (tertiary/aromatic N) is 4. The van der Waals surface area contributed by atoms with E-state index < -0.39 is 0 Å². The van der Waals surface area contributed by atoms with Crippen molar-refractivity contribution >= 4 is 5.97 Å². The first-order valence-corrected chi connectivity index (χ1v) is 14.2. The molecule has 0 radical (unpaired) electrons. The summed E-state index contributed by atoms with van der Waals surface area (Å²) < 4.78 is 7.39. The Balaban J connectivity index is 1.23. The molecule has 39 heavy (non-hydrogen) atoms. The minimum Gasteiger partial charge on any atom is -0.462 e. The van der Waals surface area contributed by atoms with E-state index >= 15 is 0 Å². The molecule has 3 heterocycles. The molecule has 8 nitrogen and oxygen atoms in total. The molecule has 0 spiro atoms. The fourth-order valence-corrected chi connectivity index (χ4v) is 6.11. The predicted octanol–water partition coefficient (Wildman–Crippen LogP) is 4.37. The van der Waals surface area contributed by atoms with Crippen LogP contribution in [0.5, 0.6) is 0 Å². The SMILES string of the molecule is CCOC(=O)c1cnn(-c2cccc(C3CCCN(CCc4ccccc4)C3)c2)c1[C@@H]1C[C@H]1C1=CN(C)NN1. The Labute approximate surface area is 230 Å². The summed E-state index contributed by atoms with van der Waals surface area (Å²) in [6, 6.07) is 19.5. The van der Waals surface area contributed by atoms with Crippen molar-refractivity contribution in [3.05, 3.63) is 95.1 Å². The molecule has 204 valence electrons. The van der Waals surface area contributed by atoms with Crippen LogP contribution >= 0.6 is 0 Å². The summed E-state index contributed by atoms with van der Waals surface area (Å²) in [5.74, 6) is 0.697. The second-order valence-corrected chi connectivity index (χ2v) is 10.9. The van der Waals surface area contributed by atoms with Gasteiger partial charge in [0.15, 0.2) is 0 Å². The van der Waals surface area contributed by atoms with E-state index in [1.165, 1.54) is 24.0 Å². The molecular weight excluding hydrogens is 488 g/mol. The van der Waals surface area contributed by atoms with Crippen LogP contribution in [0.15, 0.2) is 72.7 Å². The number of likely N-dealkylation sites (tertiary alicyclic amines) is 1. The fourth-order valence-electron chi connectivity index (χ4n) is 6.11. The lowest BCUT2D eigenvalue weighted by molar-refractivity contribution is 0.0525. The molecule has 1 unspecified atom stereocenters. The standard InChI is InChI=1S/C31H38N6O2/c1-3-39-31(38)28-19-32-37(30(28)27-18-26(27)29-21-35(2)34-33-29)25-13-7-11-23(17-25)24-12-8-15-36(20-24)16-14-22-9-5-4-6-10-22/h4-7,9-11,13,17,19,21,24,26-27,33-34H,3,8,12,14-16,18,20H2,1-2H3/t24?,26-,27-/m1/s1. The minimum absolute atomic E-state index is 0.200. The Bertz CT molecular complexity index is 1340. The van der Waals surface area contributed by atoms with Crippen LogP contribution in [-0.2, 0) is 11.2 Å². The Hall–Kier alpha value is -3.62. The molecule has 1 aliphatic carbocycles. The first-order chi connectivity index (χ1) is 19.1. The van der Waals surface area contributed by atoms with Crippen molar-refractivity contribution in [3.63, 3.8) is 0 Å². The number of carbonyl (C=O) groups excluding carboxylic acids is 1. The van der Waals surface area contributed by atoms with Gasteiger partial charge in [-0.15, -0.1) is 5.53 Å². The lowest BCUT2D eigenvalue weighted by Crippen LogP contribution is -2.35. The number of hydrazine groups is 2. The summed E-state index contributed by atoms with van der Waals surface area (Å²) in [6.45, 7) is 5.50. The lowest BCUT2D eigenvalue weighted by atomic mass is 9.90. The zero-order chi connectivity index (χ0) is 26.8. The van der Waals surface area contributed by atoms with E-state index in [4.69, 9.17) is 9.84 Å². The number of esters is 1. The number of allylic oxidation sites excluding steroid dienone is 1. The molecule has 2 fully saturated rings. The van der Waals surface area contributed by atoms with Crippen molar-refractivity contribution in [3.8, 4) is 5.69 Å². The lowest BCUT2D eigenvalue weighted by Gasteiger charge is -2.33. The average molecular weight is 527 g/mol. The molecule has 6 rings (SSSR count). The zero-order valence-electron chi connectivity index (χ0n) is 22.8. The summed E-state index contributed by atoms with van der Waals surface area (Å²) in [5.41, 5.74) is 12.8. The van der Waals surface area contributed by atoms with Crippen molar-refractivity contribution in [2.24, 2.45) is 5.92 Å². The molecule has 8 heteroatoms. The molecule has 0 amide bonds. The normalized spacial score (nSPS) is 22.9. The van der Waals surface area contributed by atoms with Crippen molar-refractivity contribution in [1.29, 1.82) is 0 Å². The van der Waals surface area contributed by atoms with E-state index in [2.05, 4.69) is 76.7 Å². The summed E-state index contributed by atoms with van der Waals surface area (Å²) >= 11 is 0. The number of ether oxygens (including phenoxy) is 1. The van der Waals surface area contributed by atoms with Gasteiger partial charge in [-0.25, -0.2) is 9.48 Å². The number of nitrogens with one attached hydrogen (secondary N) is 2. The highest BCUT2D eigenvalue weighted by molar-refractivity contribution is 5.91. The molecular formula is C31H38N6O2. The van der Waals surface area contributed by atoms with Gasteiger partial charge < -0.3 is 15.1 Å². The molecule has 2 aromatic carbocycles. The van der Waals surface area contributed by atoms with Crippen molar-refractivity contribution < 1.29 is 9.53 Å². The maximum atomic E-state index is 12.9. The molecule has 1 saturated heterocycles. The second-order valence-electron chi connectivity index (χ2n) is 10.9. The maximum absolute atomic E-state index is 12.9. The Morgan fingerprint density at radius 3 is 2.79 bits per heavy atom. The Kier molecular flexibility index (Phi) is 7.39. The average Bonchev–Trinajstić information content (AvgIpc) is 3.42. The molecule has 2 aliphatic heterocycles. The third kappa shape index (κ3) is 5.58. The second kappa shape index (κ2) is 11.2. The van der Waals surface area contributed by atoms with Crippen molar-refractivity contribution in [2.75, 3.05) is 33.3 Å². The summed E-state index contributed by atoms with van der Waals surface area (Å²) in [6.07, 6.45) is 8.20. The van der Waals surface area contributed by atoms with Crippen LogP contribution in [0.1, 0.15) is 65.2 Å². The third-order valence-electron chi connectivity index (χ3n) is 8.20. The minimum atomic E-state index is -0.300. The van der Waals surface area contributed by atoms with Crippen molar-refractivity contribution in [1.82, 2.24) is 30.6 Å². The fraction of sp³-hybridized carbons (Fsp3) is 0.419. The first kappa shape index (κ1) is 25.6. The summed E-state index contributed by atoms with van der Waals surface area (Å²) in [5, 5.41) is 6.64. The molecule has 3 aromatic rings. The van der Waals surface area contributed by atoms with E-state index in [1.54, 1.807) is 6.20 Å². The van der Waals surface area contributed by atoms with Gasteiger partial charge in [-0.3, -0.25) is 5.01 Å². The predicted molar refractivity (Wildman–Crippen MR) is 151 cm³/mol. The van der Waals surface area contributed by atoms with Crippen LogP contribution in [0, 0.1) is 5.92 Å². The Morgan fingerprint density at radius 2 is 2.00 bits per heavy atom. The smallest absolute Gasteiger partial charge is 0.341 e. The molecule has 3 atom stereocenters. The molecule has 1 aromatic heterocycles. The van der Waals surface area contributed by atoms with Gasteiger partial charge >= 0.3 is 5.97 Å². The summed E-state index contributed by atoms with van der Waals surface area (Å²) in [4.78, 5) is 15.5. The number of aromatic nitrogens is 2. The van der Waals surface area contributed by atoms with E-state index in [1.807, 2.05) is 23.7 Å². The molecule has 0 bridgehead atoms. The molecule has 2 N–H and O–H groups in total. The van der Waals surface area contributed by atoms with E-state index in [0.29, 0.717) is 24.0 Å². The van der Waals surface area contributed by atoms with Gasteiger partial charge in [0, 0.05) is 43.9 Å². The number of hydrogen-bond acceptors (Lipinski definition) is 7. The zero-order valence-corrected chi connectivity index (χ0v) is 22.8. The Morgan fingerprint density at radius 1 is 1.13 bits per heavy atom. The topological polar surface area (TPSA) is 74.7 Å². The number of rotatable bonds is 9. The quantitative estimate of drug-likeness (QED) is 0.401. The van der Waals surface area contributed by atoms with Crippen molar-refractivity contribution in [2.45, 2.75) is 44.4 Å². The van der Waals surface area contributed by atoms with Crippen LogP contribution in [0.25, 0.3) is 5.69 Å². The van der Waals surface area contributed by atoms with Crippen LogP contribution < -0.4 is 11.0 Å². The van der Waals surface area contributed by atoms with E-state index in [0.717, 1.165) is 49.6 Å². The largest absolute Gasteiger partial charge is 0.462 e. The van der Waals surface area contributed by atoms with Gasteiger partial charge in [0.1, 0.15) is 5.56 Å². The van der Waals surface area contributed by atoms with E-state index in [9.17, 15) is 4.79 Å². The van der Waals surface area contributed by atoms with Gasteiger partial charge in [-0.2, -0.15) is 5.10 Å². The number of benzene rings is 2. The van der Waals surface area contributed by atoms with Gasteiger partial charge in [-0.1, -0.05) is 42.5 Å². The third-order valence-corrected chi connectivity index (χ3v) is 8.20. The number of carbonyl (C=O) groups is 1. The highest BCUT2D eigenvalue weighted by Crippen LogP contribution is 2.52. The van der Waals surface area contributed by atoms with Crippen LogP contribution in [0.3, 0.4) is 0 Å². The van der Waals surface area contributed by atoms with Gasteiger partial charge in [0.05, 0.1) is 24.2 Å². The van der Waals surface area contributed by atoms with Crippen LogP contribution in [-0.4, -0.2) is 58.9 Å². The molecule has 1 saturated carbocycles. The highest BCUT2D eigenvalue weighted by atomic mass is 16.5. The number of piperidine rings is 1. The van der Waals surface area contributed by atoms with Gasteiger partial charge in [0.25, 0.3) is 0 Å². The maximum Gasteiger partial charge on any atom is 0.341 e. The van der Waals surface area contributed by atoms with Gasteiger partial charge in [0.2, 0.25) is 0 Å². The first-order valence-electron chi connectivity index (χ1n) is 14.2.